The Hall–Kier alpha value is -1.59. The molecule has 1 aromatic rings. The van der Waals surface area contributed by atoms with Crippen LogP contribution in [0.4, 0.5) is 5.69 Å². The molecular formula is C16H22N2O3. The van der Waals surface area contributed by atoms with Crippen molar-refractivity contribution in [2.75, 3.05) is 38.3 Å². The summed E-state index contributed by atoms with van der Waals surface area (Å²) in [7, 11) is 1.66. The van der Waals surface area contributed by atoms with Gasteiger partial charge in [-0.3, -0.25) is 4.79 Å². The number of nitrogens with two attached hydrogens (primary N) is 1. The summed E-state index contributed by atoms with van der Waals surface area (Å²) < 4.78 is 10.6. The Morgan fingerprint density at radius 1 is 1.43 bits per heavy atom. The molecule has 21 heavy (non-hydrogen) atoms. The van der Waals surface area contributed by atoms with E-state index in [1.807, 2.05) is 23.1 Å². The fraction of sp³-hybridized carbons (Fsp3) is 0.562. The van der Waals surface area contributed by atoms with Crippen LogP contribution in [0.1, 0.15) is 18.4 Å². The Bertz CT molecular complexity index is 538. The van der Waals surface area contributed by atoms with E-state index in [9.17, 15) is 4.79 Å². The molecule has 0 spiro atoms. The van der Waals surface area contributed by atoms with Gasteiger partial charge in [0, 0.05) is 32.0 Å². The Labute approximate surface area is 125 Å². The average molecular weight is 290 g/mol. The van der Waals surface area contributed by atoms with Crippen LogP contribution in [-0.2, 0) is 16.0 Å². The Balaban J connectivity index is 1.87. The monoisotopic (exact) mass is 290 g/mol. The molecule has 2 heterocycles. The molecule has 0 unspecified atom stereocenters. The minimum atomic E-state index is -0.459. The second kappa shape index (κ2) is 5.66. The lowest BCUT2D eigenvalue weighted by Gasteiger charge is -2.37. The van der Waals surface area contributed by atoms with Gasteiger partial charge in [-0.25, -0.2) is 0 Å². The number of hydrogen-bond donors (Lipinski definition) is 1. The highest BCUT2D eigenvalue weighted by Crippen LogP contribution is 2.38. The second-order valence-electron chi connectivity index (χ2n) is 5.80. The summed E-state index contributed by atoms with van der Waals surface area (Å²) in [5.41, 5.74) is 7.66. The molecule has 0 saturated carbocycles. The summed E-state index contributed by atoms with van der Waals surface area (Å²) in [6.45, 7) is 2.35. The molecule has 0 bridgehead atoms. The molecule has 1 aromatic carbocycles. The SMILES string of the molecule is COc1ccc2c(c1)CCN2C(=O)C1(CN)CCOCC1. The largest absolute Gasteiger partial charge is 0.497 e. The van der Waals surface area contributed by atoms with Crippen LogP contribution in [0, 0.1) is 5.41 Å². The lowest BCUT2D eigenvalue weighted by Crippen LogP contribution is -2.50. The molecule has 2 N–H and O–H groups in total. The van der Waals surface area contributed by atoms with Crippen LogP contribution in [0.3, 0.4) is 0 Å². The van der Waals surface area contributed by atoms with Crippen LogP contribution in [-0.4, -0.2) is 39.3 Å². The van der Waals surface area contributed by atoms with Crippen molar-refractivity contribution in [1.82, 2.24) is 0 Å². The van der Waals surface area contributed by atoms with Gasteiger partial charge < -0.3 is 20.1 Å². The summed E-state index contributed by atoms with van der Waals surface area (Å²) >= 11 is 0. The molecule has 2 aliphatic rings. The van der Waals surface area contributed by atoms with Gasteiger partial charge >= 0.3 is 0 Å². The van der Waals surface area contributed by atoms with E-state index >= 15 is 0 Å². The number of nitrogens with zero attached hydrogens (tertiary/aromatic N) is 1. The topological polar surface area (TPSA) is 64.8 Å². The molecule has 114 valence electrons. The first-order valence-corrected chi connectivity index (χ1v) is 7.47. The fourth-order valence-corrected chi connectivity index (χ4v) is 3.27. The number of anilines is 1. The van der Waals surface area contributed by atoms with E-state index in [1.54, 1.807) is 7.11 Å². The number of methoxy groups -OCH3 is 1. The molecule has 0 aromatic heterocycles. The van der Waals surface area contributed by atoms with E-state index in [4.69, 9.17) is 15.2 Å². The van der Waals surface area contributed by atoms with Crippen LogP contribution in [0.5, 0.6) is 5.75 Å². The van der Waals surface area contributed by atoms with E-state index in [0.29, 0.717) is 32.6 Å². The van der Waals surface area contributed by atoms with Crippen molar-refractivity contribution in [3.8, 4) is 5.75 Å². The van der Waals surface area contributed by atoms with Gasteiger partial charge in [0.1, 0.15) is 5.75 Å². The third-order valence-corrected chi connectivity index (χ3v) is 4.72. The molecule has 5 heteroatoms. The number of hydrogen-bond acceptors (Lipinski definition) is 4. The van der Waals surface area contributed by atoms with Crippen molar-refractivity contribution >= 4 is 11.6 Å². The summed E-state index contributed by atoms with van der Waals surface area (Å²) in [6, 6.07) is 5.90. The molecule has 1 amide bonds. The number of ether oxygens (including phenoxy) is 2. The van der Waals surface area contributed by atoms with Gasteiger partial charge in [0.05, 0.1) is 12.5 Å². The van der Waals surface area contributed by atoms with Crippen molar-refractivity contribution < 1.29 is 14.3 Å². The first-order valence-electron chi connectivity index (χ1n) is 7.47. The van der Waals surface area contributed by atoms with Crippen LogP contribution in [0.15, 0.2) is 18.2 Å². The van der Waals surface area contributed by atoms with Gasteiger partial charge in [-0.2, -0.15) is 0 Å². The maximum atomic E-state index is 13.0. The minimum Gasteiger partial charge on any atom is -0.497 e. The molecule has 2 aliphatic heterocycles. The van der Waals surface area contributed by atoms with Crippen LogP contribution >= 0.6 is 0 Å². The maximum absolute atomic E-state index is 13.0. The van der Waals surface area contributed by atoms with Crippen molar-refractivity contribution in [3.63, 3.8) is 0 Å². The number of fused-ring (bicyclic) bond motifs is 1. The third kappa shape index (κ3) is 2.40. The smallest absolute Gasteiger partial charge is 0.234 e. The lowest BCUT2D eigenvalue weighted by atomic mass is 9.79. The number of carbonyl (C=O) groups is 1. The fourth-order valence-electron chi connectivity index (χ4n) is 3.27. The Morgan fingerprint density at radius 3 is 2.86 bits per heavy atom. The molecule has 0 radical (unpaired) electrons. The van der Waals surface area contributed by atoms with Crippen molar-refractivity contribution in [3.05, 3.63) is 23.8 Å². The van der Waals surface area contributed by atoms with Gasteiger partial charge in [0.2, 0.25) is 5.91 Å². The number of carbonyl (C=O) groups excluding carboxylic acids is 1. The first-order chi connectivity index (χ1) is 10.2. The quantitative estimate of drug-likeness (QED) is 0.912. The Kier molecular flexibility index (Phi) is 3.87. The molecule has 0 aliphatic carbocycles. The highest BCUT2D eigenvalue weighted by atomic mass is 16.5. The van der Waals surface area contributed by atoms with E-state index < -0.39 is 5.41 Å². The molecule has 1 fully saturated rings. The van der Waals surface area contributed by atoms with E-state index in [1.165, 1.54) is 5.56 Å². The van der Waals surface area contributed by atoms with Crippen molar-refractivity contribution in [1.29, 1.82) is 0 Å². The van der Waals surface area contributed by atoms with Gasteiger partial charge in [0.25, 0.3) is 0 Å². The number of amides is 1. The molecular weight excluding hydrogens is 268 g/mol. The van der Waals surface area contributed by atoms with Crippen LogP contribution in [0.25, 0.3) is 0 Å². The van der Waals surface area contributed by atoms with E-state index in [2.05, 4.69) is 0 Å². The first kappa shape index (κ1) is 14.4. The van der Waals surface area contributed by atoms with Crippen LogP contribution in [0.2, 0.25) is 0 Å². The zero-order valence-electron chi connectivity index (χ0n) is 12.4. The van der Waals surface area contributed by atoms with E-state index in [-0.39, 0.29) is 5.91 Å². The highest BCUT2D eigenvalue weighted by Gasteiger charge is 2.43. The summed E-state index contributed by atoms with van der Waals surface area (Å²) in [5.74, 6) is 0.986. The number of rotatable bonds is 3. The zero-order chi connectivity index (χ0) is 14.9. The number of benzene rings is 1. The van der Waals surface area contributed by atoms with Gasteiger partial charge in [-0.05, 0) is 43.0 Å². The van der Waals surface area contributed by atoms with Crippen molar-refractivity contribution in [2.24, 2.45) is 11.1 Å². The summed E-state index contributed by atoms with van der Waals surface area (Å²) in [5, 5.41) is 0. The van der Waals surface area contributed by atoms with Crippen LogP contribution < -0.4 is 15.4 Å². The lowest BCUT2D eigenvalue weighted by molar-refractivity contribution is -0.132. The summed E-state index contributed by atoms with van der Waals surface area (Å²) in [4.78, 5) is 14.9. The normalized spacial score (nSPS) is 20.2. The van der Waals surface area contributed by atoms with Crippen molar-refractivity contribution in [2.45, 2.75) is 19.3 Å². The molecule has 0 atom stereocenters. The van der Waals surface area contributed by atoms with Gasteiger partial charge in [-0.15, -0.1) is 0 Å². The third-order valence-electron chi connectivity index (χ3n) is 4.72. The maximum Gasteiger partial charge on any atom is 0.234 e. The molecule has 1 saturated heterocycles. The highest BCUT2D eigenvalue weighted by molar-refractivity contribution is 5.99. The van der Waals surface area contributed by atoms with Gasteiger partial charge in [0.15, 0.2) is 0 Å². The average Bonchev–Trinajstić information content (AvgIpc) is 2.97. The zero-order valence-corrected chi connectivity index (χ0v) is 12.4. The van der Waals surface area contributed by atoms with Gasteiger partial charge in [-0.1, -0.05) is 0 Å². The standard InChI is InChI=1S/C16H22N2O3/c1-20-13-2-3-14-12(10-13)4-7-18(14)15(19)16(11-17)5-8-21-9-6-16/h2-3,10H,4-9,11,17H2,1H3. The second-order valence-corrected chi connectivity index (χ2v) is 5.80. The molecule has 3 rings (SSSR count). The Morgan fingerprint density at radius 2 is 2.19 bits per heavy atom. The summed E-state index contributed by atoms with van der Waals surface area (Å²) in [6.07, 6.45) is 2.30. The van der Waals surface area contributed by atoms with E-state index in [0.717, 1.165) is 24.4 Å². The predicted octanol–water partition coefficient (Wildman–Crippen LogP) is 1.34. The predicted molar refractivity (Wildman–Crippen MR) is 80.6 cm³/mol. The minimum absolute atomic E-state index is 0.150. The molecule has 5 nitrogen and oxygen atoms in total.